The summed E-state index contributed by atoms with van der Waals surface area (Å²) in [5.74, 6) is -0.970. The van der Waals surface area contributed by atoms with E-state index in [4.69, 9.17) is 23.2 Å². The van der Waals surface area contributed by atoms with Gasteiger partial charge >= 0.3 is 5.97 Å². The first-order valence-electron chi connectivity index (χ1n) is 9.18. The number of nitrogens with zero attached hydrogens (tertiary/aromatic N) is 2. The van der Waals surface area contributed by atoms with Crippen LogP contribution in [-0.2, 0) is 14.9 Å². The van der Waals surface area contributed by atoms with Crippen LogP contribution in [0.3, 0.4) is 0 Å². The van der Waals surface area contributed by atoms with E-state index in [1.165, 1.54) is 35.3 Å². The molecule has 1 aromatic rings. The summed E-state index contributed by atoms with van der Waals surface area (Å²) in [4.78, 5) is 12.4. The predicted molar refractivity (Wildman–Crippen MR) is 125 cm³/mol. The van der Waals surface area contributed by atoms with Crippen molar-refractivity contribution in [3.05, 3.63) is 44.8 Å². The Morgan fingerprint density at radius 3 is 2.77 bits per heavy atom. The number of rotatable bonds is 4. The van der Waals surface area contributed by atoms with Crippen molar-refractivity contribution in [2.75, 3.05) is 13.1 Å². The minimum atomic E-state index is -4.56. The largest absolute Gasteiger partial charge is 0.743 e. The molecule has 1 spiro atoms. The molecule has 1 saturated heterocycles. The molecule has 13 heteroatoms. The molecule has 0 aliphatic carbocycles. The zero-order valence-electron chi connectivity index (χ0n) is 15.6. The van der Waals surface area contributed by atoms with E-state index in [2.05, 4.69) is 0 Å². The van der Waals surface area contributed by atoms with Crippen molar-refractivity contribution < 1.29 is 27.4 Å². The fourth-order valence-electron chi connectivity index (χ4n) is 4.37. The van der Waals surface area contributed by atoms with Crippen LogP contribution in [0.1, 0.15) is 6.42 Å². The molecule has 7 nitrogen and oxygen atoms in total. The number of quaternary nitrogens is 1. The average Bonchev–Trinajstić information content (AvgIpc) is 3.23. The zero-order valence-corrected chi connectivity index (χ0v) is 20.4. The highest BCUT2D eigenvalue weighted by Crippen LogP contribution is 2.58. The quantitative estimate of drug-likeness (QED) is 0.353. The maximum Gasteiger partial charge on any atom is 0.369 e. The molecule has 0 bridgehead atoms. The third-order valence-corrected chi connectivity index (χ3v) is 11.4. The fourth-order valence-corrected chi connectivity index (χ4v) is 10.4. The predicted octanol–water partition coefficient (Wildman–Crippen LogP) is 3.63. The van der Waals surface area contributed by atoms with Crippen LogP contribution in [0.25, 0.3) is 0 Å². The van der Waals surface area contributed by atoms with Gasteiger partial charge in [0.2, 0.25) is 17.0 Å². The normalized spacial score (nSPS) is 32.9. The van der Waals surface area contributed by atoms with Gasteiger partial charge in [0.15, 0.2) is 26.2 Å². The minimum absolute atomic E-state index is 0.00389. The Kier molecular flexibility index (Phi) is 5.50. The average molecular weight is 539 g/mol. The van der Waals surface area contributed by atoms with Gasteiger partial charge in [0.25, 0.3) is 0 Å². The van der Waals surface area contributed by atoms with E-state index >= 15 is 0 Å². The highest BCUT2D eigenvalue weighted by atomic mass is 35.5. The molecule has 4 aliphatic heterocycles. The van der Waals surface area contributed by atoms with Gasteiger partial charge in [-0.05, 0) is 53.5 Å². The van der Waals surface area contributed by atoms with Crippen LogP contribution in [0.4, 0.5) is 5.69 Å². The standard InChI is InChI=1S/C18H14Cl2N2O5S4/c19-9-1-2-11-10(5-9)22(4-3-16(22)31(25,26)27)15(29-11)7-14-21(8-17(23)24)18-12(28-14)6-13(20)30-18/h1-2,5-7,12,16,18H,3-4,8H2/p+1. The molecule has 1 aromatic carbocycles. The second kappa shape index (κ2) is 7.69. The molecule has 4 atom stereocenters. The number of thioether (sulfide) groups is 3. The highest BCUT2D eigenvalue weighted by molar-refractivity contribution is 8.17. The lowest BCUT2D eigenvalue weighted by Gasteiger charge is -2.49. The molecular formula is C18H15Cl2N2O5S4+. The van der Waals surface area contributed by atoms with E-state index < -0.39 is 21.5 Å². The number of hydrogen-bond acceptors (Lipinski definition) is 7. The van der Waals surface area contributed by atoms with E-state index in [1.807, 2.05) is 18.2 Å². The third kappa shape index (κ3) is 3.57. The van der Waals surface area contributed by atoms with Crippen LogP contribution in [0.15, 0.2) is 44.6 Å². The molecule has 4 heterocycles. The number of carboxylic acid groups (broad SMARTS) is 1. The molecule has 4 unspecified atom stereocenters. The Balaban J connectivity index is 1.64. The molecule has 164 valence electrons. The maximum atomic E-state index is 12.1. The van der Waals surface area contributed by atoms with Crippen molar-refractivity contribution in [1.82, 2.24) is 4.48 Å². The summed E-state index contributed by atoms with van der Waals surface area (Å²) in [6.45, 7) is 0.257. The molecule has 1 fully saturated rings. The molecule has 0 saturated carbocycles. The molecule has 0 amide bonds. The van der Waals surface area contributed by atoms with Gasteiger partial charge in [-0.15, -0.1) is 0 Å². The summed E-state index contributed by atoms with van der Waals surface area (Å²) in [6.07, 6.45) is 4.00. The molecule has 0 radical (unpaired) electrons. The monoisotopic (exact) mass is 537 g/mol. The summed E-state index contributed by atoms with van der Waals surface area (Å²) in [6, 6.07) is 5.27. The van der Waals surface area contributed by atoms with Crippen molar-refractivity contribution in [3.63, 3.8) is 0 Å². The van der Waals surface area contributed by atoms with Gasteiger partial charge in [-0.1, -0.05) is 23.2 Å². The lowest BCUT2D eigenvalue weighted by molar-refractivity contribution is -0.523. The zero-order chi connectivity index (χ0) is 22.1. The van der Waals surface area contributed by atoms with Crippen LogP contribution in [0.2, 0.25) is 5.02 Å². The first kappa shape index (κ1) is 22.1. The third-order valence-electron chi connectivity index (χ3n) is 5.72. The van der Waals surface area contributed by atoms with Crippen LogP contribution >= 0.6 is 58.5 Å². The number of aliphatic carboxylic acids is 1. The number of halogens is 2. The van der Waals surface area contributed by atoms with Gasteiger partial charge in [0.1, 0.15) is 5.25 Å². The second-order valence-corrected chi connectivity index (χ2v) is 13.5. The van der Waals surface area contributed by atoms with Crippen LogP contribution in [0.5, 0.6) is 0 Å². The van der Waals surface area contributed by atoms with Gasteiger partial charge in [-0.2, -0.15) is 4.58 Å². The smallest absolute Gasteiger partial charge is 0.369 e. The topological polar surface area (TPSA) is 97.5 Å². The Labute approximate surface area is 201 Å². The van der Waals surface area contributed by atoms with Gasteiger partial charge < -0.3 is 9.66 Å². The Bertz CT molecular complexity index is 1220. The first-order chi connectivity index (χ1) is 14.6. The Morgan fingerprint density at radius 2 is 2.13 bits per heavy atom. The molecular weight excluding hydrogens is 523 g/mol. The molecule has 31 heavy (non-hydrogen) atoms. The van der Waals surface area contributed by atoms with Gasteiger partial charge in [-0.3, -0.25) is 0 Å². The van der Waals surface area contributed by atoms with E-state index in [9.17, 15) is 22.9 Å². The van der Waals surface area contributed by atoms with Crippen molar-refractivity contribution in [2.45, 2.75) is 27.3 Å². The lowest BCUT2D eigenvalue weighted by Crippen LogP contribution is -2.67. The van der Waals surface area contributed by atoms with Gasteiger partial charge in [0.05, 0.1) is 28.3 Å². The van der Waals surface area contributed by atoms with E-state index in [1.54, 1.807) is 16.7 Å². The van der Waals surface area contributed by atoms with Crippen molar-refractivity contribution in [2.24, 2.45) is 0 Å². The summed E-state index contributed by atoms with van der Waals surface area (Å²) in [5.41, 5.74) is 0.699. The van der Waals surface area contributed by atoms with Crippen LogP contribution < -0.4 is 4.48 Å². The maximum absolute atomic E-state index is 12.1. The van der Waals surface area contributed by atoms with Crippen molar-refractivity contribution >= 4 is 85.3 Å². The Hall–Kier alpha value is -0.660. The molecule has 0 aromatic heterocycles. The van der Waals surface area contributed by atoms with Crippen LogP contribution in [-0.4, -0.2) is 62.8 Å². The number of carbonyl (C=O) groups is 1. The highest BCUT2D eigenvalue weighted by Gasteiger charge is 2.60. The molecule has 5 rings (SSSR count). The van der Waals surface area contributed by atoms with Gasteiger partial charge in [0, 0.05) is 11.1 Å². The van der Waals surface area contributed by atoms with Crippen LogP contribution in [0, 0.1) is 0 Å². The molecule has 4 aliphatic rings. The number of carboxylic acids is 1. The summed E-state index contributed by atoms with van der Waals surface area (Å²) in [7, 11) is -4.56. The number of benzene rings is 1. The lowest BCUT2D eigenvalue weighted by atomic mass is 10.1. The summed E-state index contributed by atoms with van der Waals surface area (Å²) >= 11 is 16.6. The summed E-state index contributed by atoms with van der Waals surface area (Å²) < 4.78 is 38.6. The van der Waals surface area contributed by atoms with Crippen molar-refractivity contribution in [1.29, 1.82) is 0 Å². The fraction of sp³-hybridized carbons (Fsp3) is 0.333. The van der Waals surface area contributed by atoms with E-state index in [-0.39, 0.29) is 28.1 Å². The minimum Gasteiger partial charge on any atom is -0.743 e. The number of hydrogen-bond donors (Lipinski definition) is 1. The second-order valence-electron chi connectivity index (χ2n) is 7.45. The van der Waals surface area contributed by atoms with Gasteiger partial charge in [-0.25, -0.2) is 17.7 Å². The first-order valence-corrected chi connectivity index (χ1v) is 14.0. The number of fused-ring (bicyclic) bond motifs is 3. The van der Waals surface area contributed by atoms with E-state index in [0.29, 0.717) is 26.6 Å². The Morgan fingerprint density at radius 1 is 1.35 bits per heavy atom. The SMILES string of the molecule is O=C(O)C[N+]1=C(C=C2Sc3ccc(Cl)cc3[N+]23CCC3S(=O)(=O)[O-])SC2C=C(Cl)SC21. The molecule has 1 N–H and O–H groups in total. The van der Waals surface area contributed by atoms with Crippen molar-refractivity contribution in [3.8, 4) is 0 Å². The summed E-state index contributed by atoms with van der Waals surface area (Å²) in [5, 5.41) is 10.0. The van der Waals surface area contributed by atoms with E-state index in [0.717, 1.165) is 9.94 Å².